The van der Waals surface area contributed by atoms with E-state index < -0.39 is 10.0 Å². The lowest BCUT2D eigenvalue weighted by molar-refractivity contribution is 0.0954. The Morgan fingerprint density at radius 2 is 1.89 bits per heavy atom. The van der Waals surface area contributed by atoms with Crippen LogP contribution in [0.15, 0.2) is 57.8 Å². The van der Waals surface area contributed by atoms with Gasteiger partial charge in [0.1, 0.15) is 10.7 Å². The zero-order chi connectivity index (χ0) is 20.1. The summed E-state index contributed by atoms with van der Waals surface area (Å²) in [5, 5.41) is 2.85. The van der Waals surface area contributed by atoms with Gasteiger partial charge in [-0.05, 0) is 43.5 Å². The van der Waals surface area contributed by atoms with Gasteiger partial charge in [0.2, 0.25) is 0 Å². The van der Waals surface area contributed by atoms with Gasteiger partial charge in [-0.2, -0.15) is 8.42 Å². The number of carbonyl (C=O) groups excluding carboxylic acids is 1. The molecule has 1 amide bonds. The Morgan fingerprint density at radius 3 is 2.61 bits per heavy atom. The number of anilines is 1. The molecule has 0 aliphatic carbocycles. The van der Waals surface area contributed by atoms with Gasteiger partial charge in [-0.15, -0.1) is 4.40 Å². The van der Waals surface area contributed by atoms with Gasteiger partial charge in [0, 0.05) is 18.7 Å². The van der Waals surface area contributed by atoms with Crippen molar-refractivity contribution in [3.8, 4) is 0 Å². The van der Waals surface area contributed by atoms with Crippen molar-refractivity contribution in [3.63, 3.8) is 0 Å². The molecule has 0 radical (unpaired) electrons. The lowest BCUT2D eigenvalue weighted by Gasteiger charge is -2.29. The number of hydrogen-bond acceptors (Lipinski definition) is 4. The molecule has 0 saturated carbocycles. The minimum atomic E-state index is -3.80. The summed E-state index contributed by atoms with van der Waals surface area (Å²) in [5.74, 6) is 0.168. The van der Waals surface area contributed by atoms with Crippen LogP contribution in [0.4, 0.5) is 5.69 Å². The standard InChI is InChI=1S/C21H25N3O3S/c1-3-4-14-24-16(2)23-28(26,27)20-15-18(10-11-19(20)24)21(25)22-13-12-17-8-6-5-7-9-17/h5-11,15H,3-4,12-14H2,1-2H3,(H,22,25). The Kier molecular flexibility index (Phi) is 6.14. The molecule has 1 aliphatic rings. The molecule has 1 N–H and O–H groups in total. The summed E-state index contributed by atoms with van der Waals surface area (Å²) >= 11 is 0. The van der Waals surface area contributed by atoms with E-state index in [1.165, 1.54) is 6.07 Å². The second kappa shape index (κ2) is 8.56. The van der Waals surface area contributed by atoms with Gasteiger partial charge in [0.05, 0.1) is 5.69 Å². The highest BCUT2D eigenvalue weighted by Crippen LogP contribution is 2.32. The van der Waals surface area contributed by atoms with Crippen molar-refractivity contribution in [1.82, 2.24) is 5.32 Å². The minimum absolute atomic E-state index is 0.0879. The molecule has 0 aromatic heterocycles. The first-order valence-corrected chi connectivity index (χ1v) is 10.9. The molecule has 0 atom stereocenters. The van der Waals surface area contributed by atoms with Gasteiger partial charge >= 0.3 is 0 Å². The van der Waals surface area contributed by atoms with E-state index in [1.54, 1.807) is 19.1 Å². The first-order chi connectivity index (χ1) is 13.4. The van der Waals surface area contributed by atoms with E-state index >= 15 is 0 Å². The lowest BCUT2D eigenvalue weighted by Crippen LogP contribution is -2.35. The van der Waals surface area contributed by atoms with E-state index in [4.69, 9.17) is 0 Å². The molecule has 6 nitrogen and oxygen atoms in total. The summed E-state index contributed by atoms with van der Waals surface area (Å²) in [5.41, 5.74) is 2.04. The predicted octanol–water partition coefficient (Wildman–Crippen LogP) is 3.39. The molecule has 0 fully saturated rings. The highest BCUT2D eigenvalue weighted by Gasteiger charge is 2.29. The van der Waals surface area contributed by atoms with Crippen LogP contribution in [0.2, 0.25) is 0 Å². The molecule has 2 aromatic carbocycles. The molecular formula is C21H25N3O3S. The number of rotatable bonds is 7. The summed E-state index contributed by atoms with van der Waals surface area (Å²) < 4.78 is 28.9. The fraction of sp³-hybridized carbons (Fsp3) is 0.333. The number of nitrogens with zero attached hydrogens (tertiary/aromatic N) is 2. The number of amidine groups is 1. The molecular weight excluding hydrogens is 374 g/mol. The van der Waals surface area contributed by atoms with Gasteiger partial charge < -0.3 is 10.2 Å². The van der Waals surface area contributed by atoms with Gasteiger partial charge in [0.25, 0.3) is 15.9 Å². The number of unbranched alkanes of at least 4 members (excludes halogenated alkanes) is 1. The van der Waals surface area contributed by atoms with Crippen molar-refractivity contribution in [1.29, 1.82) is 0 Å². The topological polar surface area (TPSA) is 78.8 Å². The van der Waals surface area contributed by atoms with E-state index in [2.05, 4.69) is 16.6 Å². The number of sulfonamides is 1. The molecule has 1 heterocycles. The van der Waals surface area contributed by atoms with Crippen LogP contribution in [-0.2, 0) is 16.4 Å². The molecule has 0 bridgehead atoms. The van der Waals surface area contributed by atoms with Crippen LogP contribution < -0.4 is 10.2 Å². The van der Waals surface area contributed by atoms with E-state index in [0.29, 0.717) is 36.6 Å². The van der Waals surface area contributed by atoms with Crippen molar-refractivity contribution in [3.05, 3.63) is 59.7 Å². The summed E-state index contributed by atoms with van der Waals surface area (Å²) in [7, 11) is -3.80. The first kappa shape index (κ1) is 20.1. The molecule has 2 aromatic rings. The predicted molar refractivity (Wildman–Crippen MR) is 111 cm³/mol. The summed E-state index contributed by atoms with van der Waals surface area (Å²) in [6.07, 6.45) is 2.63. The quantitative estimate of drug-likeness (QED) is 0.774. The minimum Gasteiger partial charge on any atom is -0.352 e. The number of benzene rings is 2. The Bertz CT molecular complexity index is 985. The Balaban J connectivity index is 1.77. The normalized spacial score (nSPS) is 14.9. The van der Waals surface area contributed by atoms with Gasteiger partial charge in [-0.1, -0.05) is 43.7 Å². The van der Waals surface area contributed by atoms with Gasteiger partial charge in [0.15, 0.2) is 0 Å². The second-order valence-corrected chi connectivity index (χ2v) is 8.37. The average Bonchev–Trinajstić information content (AvgIpc) is 2.68. The maximum atomic E-state index is 12.5. The van der Waals surface area contributed by atoms with Crippen molar-refractivity contribution < 1.29 is 13.2 Å². The van der Waals surface area contributed by atoms with E-state index in [9.17, 15) is 13.2 Å². The molecule has 148 valence electrons. The van der Waals surface area contributed by atoms with Crippen molar-refractivity contribution >= 4 is 27.5 Å². The van der Waals surface area contributed by atoms with E-state index in [0.717, 1.165) is 18.4 Å². The van der Waals surface area contributed by atoms with Crippen LogP contribution >= 0.6 is 0 Å². The summed E-state index contributed by atoms with van der Waals surface area (Å²) in [6.45, 7) is 4.95. The Hall–Kier alpha value is -2.67. The molecule has 0 unspecified atom stereocenters. The van der Waals surface area contributed by atoms with Crippen molar-refractivity contribution in [2.24, 2.45) is 4.40 Å². The SMILES string of the molecule is CCCCN1C(C)=NS(=O)(=O)c2cc(C(=O)NCCc3ccccc3)ccc21. The highest BCUT2D eigenvalue weighted by molar-refractivity contribution is 7.90. The third kappa shape index (κ3) is 4.42. The summed E-state index contributed by atoms with van der Waals surface area (Å²) in [4.78, 5) is 14.5. The van der Waals surface area contributed by atoms with Crippen LogP contribution in [0.3, 0.4) is 0 Å². The number of amides is 1. The number of nitrogens with one attached hydrogen (secondary N) is 1. The lowest BCUT2D eigenvalue weighted by atomic mass is 10.1. The Labute approximate surface area is 166 Å². The molecule has 0 saturated heterocycles. The maximum Gasteiger partial charge on any atom is 0.286 e. The Morgan fingerprint density at radius 1 is 1.14 bits per heavy atom. The van der Waals surface area contributed by atoms with Gasteiger partial charge in [-0.25, -0.2) is 0 Å². The number of carbonyl (C=O) groups is 1. The van der Waals surface area contributed by atoms with Crippen LogP contribution in [-0.4, -0.2) is 33.3 Å². The number of fused-ring (bicyclic) bond motifs is 1. The molecule has 0 spiro atoms. The van der Waals surface area contributed by atoms with E-state index in [1.807, 2.05) is 35.2 Å². The summed E-state index contributed by atoms with van der Waals surface area (Å²) in [6, 6.07) is 14.7. The number of hydrogen-bond donors (Lipinski definition) is 1. The fourth-order valence-electron chi connectivity index (χ4n) is 3.20. The van der Waals surface area contributed by atoms with Crippen molar-refractivity contribution in [2.45, 2.75) is 38.0 Å². The highest BCUT2D eigenvalue weighted by atomic mass is 32.2. The third-order valence-electron chi connectivity index (χ3n) is 4.71. The largest absolute Gasteiger partial charge is 0.352 e. The maximum absolute atomic E-state index is 12.5. The monoisotopic (exact) mass is 399 g/mol. The smallest absolute Gasteiger partial charge is 0.286 e. The van der Waals surface area contributed by atoms with Crippen LogP contribution in [0.25, 0.3) is 0 Å². The van der Waals surface area contributed by atoms with E-state index in [-0.39, 0.29) is 10.8 Å². The fourth-order valence-corrected chi connectivity index (χ4v) is 4.46. The third-order valence-corrected chi connectivity index (χ3v) is 6.10. The van der Waals surface area contributed by atoms with Crippen molar-refractivity contribution in [2.75, 3.05) is 18.0 Å². The molecule has 3 rings (SSSR count). The average molecular weight is 400 g/mol. The van der Waals surface area contributed by atoms with Crippen LogP contribution in [0.1, 0.15) is 42.6 Å². The van der Waals surface area contributed by atoms with Crippen LogP contribution in [0, 0.1) is 0 Å². The second-order valence-electron chi connectivity index (χ2n) is 6.79. The molecule has 28 heavy (non-hydrogen) atoms. The molecule has 7 heteroatoms. The zero-order valence-electron chi connectivity index (χ0n) is 16.2. The van der Waals surface area contributed by atoms with Crippen LogP contribution in [0.5, 0.6) is 0 Å². The molecule has 1 aliphatic heterocycles. The van der Waals surface area contributed by atoms with Gasteiger partial charge in [-0.3, -0.25) is 4.79 Å². The zero-order valence-corrected chi connectivity index (χ0v) is 17.0. The first-order valence-electron chi connectivity index (χ1n) is 9.47.